The average Bonchev–Trinajstić information content (AvgIpc) is 2.46. The number of hydrogen-bond acceptors (Lipinski definition) is 3. The van der Waals surface area contributed by atoms with Gasteiger partial charge < -0.3 is 4.90 Å². The lowest BCUT2D eigenvalue weighted by Crippen LogP contribution is -2.32. The minimum absolute atomic E-state index is 0.0108. The molecule has 0 saturated carbocycles. The highest BCUT2D eigenvalue weighted by atomic mass is 32.2. The van der Waals surface area contributed by atoms with Crippen LogP contribution < -0.4 is 0 Å². The lowest BCUT2D eigenvalue weighted by atomic mass is 10.1. The maximum atomic E-state index is 12.6. The van der Waals surface area contributed by atoms with Gasteiger partial charge in [-0.25, -0.2) is 8.42 Å². The minimum atomic E-state index is -3.05. The fourth-order valence-electron chi connectivity index (χ4n) is 2.24. The number of benzene rings is 1. The molecule has 0 aliphatic carbocycles. The van der Waals surface area contributed by atoms with Crippen LogP contribution in [0.15, 0.2) is 24.3 Å². The van der Waals surface area contributed by atoms with Crippen molar-refractivity contribution in [3.05, 3.63) is 35.4 Å². The predicted molar refractivity (Wildman–Crippen MR) is 90.7 cm³/mol. The van der Waals surface area contributed by atoms with Crippen LogP contribution in [0.2, 0.25) is 0 Å². The number of sulfone groups is 1. The SMILES string of the molecule is CCCCN(CCCC)C(=O)c1ccc(CS(C)(=O)=O)cc1. The average molecular weight is 325 g/mol. The zero-order valence-electron chi connectivity index (χ0n) is 13.8. The Morgan fingerprint density at radius 3 is 1.91 bits per heavy atom. The van der Waals surface area contributed by atoms with Crippen LogP contribution in [-0.4, -0.2) is 38.6 Å². The number of carbonyl (C=O) groups excluding carboxylic acids is 1. The van der Waals surface area contributed by atoms with E-state index in [1.807, 2.05) is 4.90 Å². The van der Waals surface area contributed by atoms with E-state index in [1.165, 1.54) is 6.26 Å². The van der Waals surface area contributed by atoms with Gasteiger partial charge >= 0.3 is 0 Å². The van der Waals surface area contributed by atoms with Crippen molar-refractivity contribution >= 4 is 15.7 Å². The van der Waals surface area contributed by atoms with Crippen molar-refractivity contribution in [3.8, 4) is 0 Å². The molecule has 22 heavy (non-hydrogen) atoms. The normalized spacial score (nSPS) is 11.4. The van der Waals surface area contributed by atoms with Crippen LogP contribution in [0, 0.1) is 0 Å². The van der Waals surface area contributed by atoms with Crippen molar-refractivity contribution in [1.82, 2.24) is 4.90 Å². The summed E-state index contributed by atoms with van der Waals surface area (Å²) in [5.41, 5.74) is 1.34. The van der Waals surface area contributed by atoms with Crippen LogP contribution in [0.5, 0.6) is 0 Å². The van der Waals surface area contributed by atoms with Gasteiger partial charge in [0.25, 0.3) is 5.91 Å². The zero-order chi connectivity index (χ0) is 16.6. The fraction of sp³-hybridized carbons (Fsp3) is 0.588. The van der Waals surface area contributed by atoms with E-state index < -0.39 is 9.84 Å². The van der Waals surface area contributed by atoms with Crippen molar-refractivity contribution in [2.75, 3.05) is 19.3 Å². The van der Waals surface area contributed by atoms with Crippen molar-refractivity contribution in [2.24, 2.45) is 0 Å². The van der Waals surface area contributed by atoms with E-state index >= 15 is 0 Å². The first-order valence-corrected chi connectivity index (χ1v) is 9.99. The maximum absolute atomic E-state index is 12.6. The summed E-state index contributed by atoms with van der Waals surface area (Å²) in [5.74, 6) is 0.0458. The summed E-state index contributed by atoms with van der Waals surface area (Å²) < 4.78 is 22.6. The molecule has 0 bridgehead atoms. The number of unbranched alkanes of at least 4 members (excludes halogenated alkanes) is 2. The van der Waals surface area contributed by atoms with Crippen LogP contribution in [0.1, 0.15) is 55.5 Å². The summed E-state index contributed by atoms with van der Waals surface area (Å²) in [4.78, 5) is 14.5. The predicted octanol–water partition coefficient (Wildman–Crippen LogP) is 3.27. The van der Waals surface area contributed by atoms with E-state index in [9.17, 15) is 13.2 Å². The van der Waals surface area contributed by atoms with Crippen molar-refractivity contribution in [1.29, 1.82) is 0 Å². The van der Waals surface area contributed by atoms with E-state index in [1.54, 1.807) is 24.3 Å². The quantitative estimate of drug-likeness (QED) is 0.700. The molecule has 0 atom stereocenters. The van der Waals surface area contributed by atoms with Crippen molar-refractivity contribution in [2.45, 2.75) is 45.3 Å². The van der Waals surface area contributed by atoms with E-state index in [2.05, 4.69) is 13.8 Å². The molecule has 0 aromatic heterocycles. The van der Waals surface area contributed by atoms with E-state index in [4.69, 9.17) is 0 Å². The molecule has 0 radical (unpaired) electrons. The van der Waals surface area contributed by atoms with Gasteiger partial charge in [-0.1, -0.05) is 38.8 Å². The van der Waals surface area contributed by atoms with Crippen LogP contribution >= 0.6 is 0 Å². The summed E-state index contributed by atoms with van der Waals surface area (Å²) in [7, 11) is -3.05. The zero-order valence-corrected chi connectivity index (χ0v) is 14.7. The van der Waals surface area contributed by atoms with E-state index in [0.29, 0.717) is 11.1 Å². The highest BCUT2D eigenvalue weighted by Crippen LogP contribution is 2.12. The Labute approximate surface area is 134 Å². The first kappa shape index (κ1) is 18.7. The second kappa shape index (κ2) is 8.93. The summed E-state index contributed by atoms with van der Waals surface area (Å²) in [5, 5.41) is 0. The third-order valence-electron chi connectivity index (χ3n) is 3.48. The largest absolute Gasteiger partial charge is 0.339 e. The maximum Gasteiger partial charge on any atom is 0.253 e. The molecule has 0 N–H and O–H groups in total. The Hall–Kier alpha value is -1.36. The Morgan fingerprint density at radius 1 is 1.00 bits per heavy atom. The Bertz CT molecular complexity index is 556. The van der Waals surface area contributed by atoms with Gasteiger partial charge in [-0.15, -0.1) is 0 Å². The molecule has 0 aliphatic rings. The van der Waals surface area contributed by atoms with Gasteiger partial charge in [-0.2, -0.15) is 0 Å². The van der Waals surface area contributed by atoms with E-state index in [-0.39, 0.29) is 11.7 Å². The summed E-state index contributed by atoms with van der Waals surface area (Å²) in [6.07, 6.45) is 5.33. The molecular weight excluding hydrogens is 298 g/mol. The van der Waals surface area contributed by atoms with Crippen molar-refractivity contribution < 1.29 is 13.2 Å². The second-order valence-electron chi connectivity index (χ2n) is 5.77. The summed E-state index contributed by atoms with van der Waals surface area (Å²) >= 11 is 0. The first-order chi connectivity index (χ1) is 10.4. The summed E-state index contributed by atoms with van der Waals surface area (Å²) in [6, 6.07) is 6.92. The molecule has 0 aliphatic heterocycles. The standard InChI is InChI=1S/C17H27NO3S/c1-4-6-12-18(13-7-5-2)17(19)16-10-8-15(9-11-16)14-22(3,20)21/h8-11H,4-7,12-14H2,1-3H3. The van der Waals surface area contributed by atoms with Crippen LogP contribution in [-0.2, 0) is 15.6 Å². The molecule has 1 aromatic rings. The smallest absolute Gasteiger partial charge is 0.253 e. The van der Waals surface area contributed by atoms with Gasteiger partial charge in [0.05, 0.1) is 5.75 Å². The Morgan fingerprint density at radius 2 is 1.50 bits per heavy atom. The molecule has 0 unspecified atom stereocenters. The molecule has 0 heterocycles. The van der Waals surface area contributed by atoms with Gasteiger partial charge in [0.15, 0.2) is 9.84 Å². The molecule has 0 saturated heterocycles. The highest BCUT2D eigenvalue weighted by molar-refractivity contribution is 7.89. The molecule has 5 heteroatoms. The second-order valence-corrected chi connectivity index (χ2v) is 7.91. The molecule has 4 nitrogen and oxygen atoms in total. The lowest BCUT2D eigenvalue weighted by Gasteiger charge is -2.22. The van der Waals surface area contributed by atoms with Crippen LogP contribution in [0.25, 0.3) is 0 Å². The van der Waals surface area contributed by atoms with Gasteiger partial charge in [-0.05, 0) is 30.5 Å². The number of amides is 1. The van der Waals surface area contributed by atoms with Crippen LogP contribution in [0.3, 0.4) is 0 Å². The molecule has 124 valence electrons. The van der Waals surface area contributed by atoms with Gasteiger partial charge in [0.1, 0.15) is 0 Å². The van der Waals surface area contributed by atoms with Gasteiger partial charge in [0.2, 0.25) is 0 Å². The fourth-order valence-corrected chi connectivity index (χ4v) is 3.04. The first-order valence-electron chi connectivity index (χ1n) is 7.93. The molecule has 0 fully saturated rings. The highest BCUT2D eigenvalue weighted by Gasteiger charge is 2.15. The third kappa shape index (κ3) is 6.60. The molecule has 1 amide bonds. The molecular formula is C17H27NO3S. The third-order valence-corrected chi connectivity index (χ3v) is 4.34. The van der Waals surface area contributed by atoms with Crippen molar-refractivity contribution in [3.63, 3.8) is 0 Å². The van der Waals surface area contributed by atoms with Crippen LogP contribution in [0.4, 0.5) is 0 Å². The van der Waals surface area contributed by atoms with Gasteiger partial charge in [0, 0.05) is 24.9 Å². The minimum Gasteiger partial charge on any atom is -0.339 e. The topological polar surface area (TPSA) is 54.5 Å². The Kier molecular flexibility index (Phi) is 7.59. The number of rotatable bonds is 9. The molecule has 1 rings (SSSR count). The number of carbonyl (C=O) groups is 1. The van der Waals surface area contributed by atoms with Gasteiger partial charge in [-0.3, -0.25) is 4.79 Å². The van der Waals surface area contributed by atoms with E-state index in [0.717, 1.165) is 38.8 Å². The molecule has 1 aromatic carbocycles. The lowest BCUT2D eigenvalue weighted by molar-refractivity contribution is 0.0751. The number of nitrogens with zero attached hydrogens (tertiary/aromatic N) is 1. The molecule has 0 spiro atoms. The number of hydrogen-bond donors (Lipinski definition) is 0. The monoisotopic (exact) mass is 325 g/mol. The summed E-state index contributed by atoms with van der Waals surface area (Å²) in [6.45, 7) is 5.78. The Balaban J connectivity index is 2.80.